The van der Waals surface area contributed by atoms with Crippen molar-refractivity contribution < 1.29 is 33.3 Å². The van der Waals surface area contributed by atoms with Gasteiger partial charge in [0.1, 0.15) is 23.6 Å². The number of nitrogens with zero attached hydrogens (tertiary/aromatic N) is 4. The van der Waals surface area contributed by atoms with Gasteiger partial charge >= 0.3 is 6.09 Å². The third-order valence-corrected chi connectivity index (χ3v) is 6.91. The summed E-state index contributed by atoms with van der Waals surface area (Å²) in [6.45, 7) is 5.95. The second kappa shape index (κ2) is 14.8. The average Bonchev–Trinajstić information content (AvgIpc) is 3.39. The number of carbonyl (C=O) groups is 2. The smallest absolute Gasteiger partial charge is 0.410 e. The molecule has 0 radical (unpaired) electrons. The number of rotatable bonds is 13. The lowest BCUT2D eigenvalue weighted by Crippen LogP contribution is -2.39. The van der Waals surface area contributed by atoms with Crippen molar-refractivity contribution >= 4 is 50.9 Å². The molecule has 2 aromatic carbocycles. The third-order valence-electron chi connectivity index (χ3n) is 5.99. The summed E-state index contributed by atoms with van der Waals surface area (Å²) < 4.78 is 30.4. The Balaban J connectivity index is 1.39. The first-order valence-electron chi connectivity index (χ1n) is 13.9. The lowest BCUT2D eigenvalue weighted by Gasteiger charge is -2.27. The summed E-state index contributed by atoms with van der Waals surface area (Å²) in [5, 5.41) is 16.4. The largest absolute Gasteiger partial charge is 0.493 e. The molecule has 4 rings (SSSR count). The van der Waals surface area contributed by atoms with Gasteiger partial charge in [0.05, 0.1) is 32.3 Å². The lowest BCUT2D eigenvalue weighted by atomic mass is 10.2. The van der Waals surface area contributed by atoms with Crippen LogP contribution in [0.5, 0.6) is 11.5 Å². The lowest BCUT2D eigenvalue weighted by molar-refractivity contribution is -0.115. The maximum Gasteiger partial charge on any atom is 0.410 e. The highest BCUT2D eigenvalue weighted by molar-refractivity contribution is 7.15. The fraction of sp³-hybridized carbons (Fsp3) is 0.367. The maximum atomic E-state index is 13.4. The topological polar surface area (TPSA) is 148 Å². The number of fused-ring (bicyclic) bond motifs is 1. The molecule has 2 heterocycles. The van der Waals surface area contributed by atoms with Gasteiger partial charge in [-0.05, 0) is 51.5 Å². The number of amides is 2. The second-order valence-electron chi connectivity index (χ2n) is 10.6. The van der Waals surface area contributed by atoms with E-state index in [9.17, 15) is 19.1 Å². The Morgan fingerprint density at radius 3 is 2.64 bits per heavy atom. The Morgan fingerprint density at radius 1 is 1.09 bits per heavy atom. The van der Waals surface area contributed by atoms with Crippen LogP contribution >= 0.6 is 11.3 Å². The standard InChI is InChI=1S/C30H35FN6O6S/c1-30(2,3)43-29(40)37(10-11-38)9-6-12-42-25-16-23-22(15-24(25)41-4)27(34-18-33-23)36-28-32-17-21(44-28)14-26(39)35-20-8-5-7-19(31)13-20/h5,7-8,13,15-18,38H,6,9-12,14H2,1-4H3,(H,35,39)(H,32,33,34,36). The molecule has 2 aromatic heterocycles. The van der Waals surface area contributed by atoms with Gasteiger partial charge in [0.25, 0.3) is 0 Å². The van der Waals surface area contributed by atoms with Crippen LogP contribution in [0.15, 0.2) is 48.9 Å². The molecule has 4 aromatic rings. The van der Waals surface area contributed by atoms with E-state index in [1.165, 1.54) is 47.9 Å². The van der Waals surface area contributed by atoms with Gasteiger partial charge in [-0.15, -0.1) is 11.3 Å². The van der Waals surface area contributed by atoms with Crippen molar-refractivity contribution in [2.75, 3.05) is 44.0 Å². The van der Waals surface area contributed by atoms with Crippen LogP contribution in [-0.2, 0) is 16.0 Å². The molecule has 0 aliphatic heterocycles. The first-order chi connectivity index (χ1) is 21.0. The number of aromatic nitrogens is 3. The van der Waals surface area contributed by atoms with Crippen LogP contribution in [0.4, 0.5) is 25.8 Å². The molecule has 0 spiro atoms. The van der Waals surface area contributed by atoms with Crippen molar-refractivity contribution in [2.45, 2.75) is 39.2 Å². The quantitative estimate of drug-likeness (QED) is 0.170. The van der Waals surface area contributed by atoms with Gasteiger partial charge < -0.3 is 34.9 Å². The number of hydrogen-bond donors (Lipinski definition) is 3. The van der Waals surface area contributed by atoms with Gasteiger partial charge in [0.15, 0.2) is 16.6 Å². The molecule has 14 heteroatoms. The highest BCUT2D eigenvalue weighted by atomic mass is 32.1. The van der Waals surface area contributed by atoms with Gasteiger partial charge in [0.2, 0.25) is 5.91 Å². The van der Waals surface area contributed by atoms with Crippen LogP contribution in [-0.4, -0.2) is 76.0 Å². The van der Waals surface area contributed by atoms with Crippen LogP contribution in [0, 0.1) is 5.82 Å². The van der Waals surface area contributed by atoms with Crippen LogP contribution in [0.25, 0.3) is 10.9 Å². The molecular formula is C30H35FN6O6S. The molecule has 0 saturated carbocycles. The summed E-state index contributed by atoms with van der Waals surface area (Å²) in [6, 6.07) is 9.20. The average molecular weight is 627 g/mol. The fourth-order valence-electron chi connectivity index (χ4n) is 4.09. The minimum absolute atomic E-state index is 0.0738. The summed E-state index contributed by atoms with van der Waals surface area (Å²) in [6.07, 6.45) is 3.08. The molecule has 0 aliphatic carbocycles. The third kappa shape index (κ3) is 9.22. The van der Waals surface area contributed by atoms with Crippen LogP contribution in [0.2, 0.25) is 0 Å². The van der Waals surface area contributed by atoms with Crippen molar-refractivity contribution in [1.82, 2.24) is 19.9 Å². The number of thiazole rings is 1. The molecule has 2 amide bonds. The number of aliphatic hydroxyl groups is 1. The van der Waals surface area contributed by atoms with Crippen molar-refractivity contribution in [3.8, 4) is 11.5 Å². The van der Waals surface area contributed by atoms with Crippen LogP contribution in [0.3, 0.4) is 0 Å². The Hall–Kier alpha value is -4.56. The molecule has 44 heavy (non-hydrogen) atoms. The Labute approximate surface area is 258 Å². The zero-order valence-corrected chi connectivity index (χ0v) is 25.7. The summed E-state index contributed by atoms with van der Waals surface area (Å²) in [7, 11) is 1.53. The number of halogens is 1. The summed E-state index contributed by atoms with van der Waals surface area (Å²) in [5.41, 5.74) is 0.339. The number of nitrogens with one attached hydrogen (secondary N) is 2. The van der Waals surface area contributed by atoms with Gasteiger partial charge in [-0.3, -0.25) is 4.79 Å². The second-order valence-corrected chi connectivity index (χ2v) is 11.7. The molecule has 0 unspecified atom stereocenters. The Bertz CT molecular complexity index is 1590. The maximum absolute atomic E-state index is 13.4. The molecular weight excluding hydrogens is 591 g/mol. The van der Waals surface area contributed by atoms with E-state index in [1.54, 1.807) is 45.2 Å². The summed E-state index contributed by atoms with van der Waals surface area (Å²) in [4.78, 5) is 40.1. The van der Waals surface area contributed by atoms with Crippen LogP contribution < -0.4 is 20.1 Å². The van der Waals surface area contributed by atoms with E-state index in [2.05, 4.69) is 25.6 Å². The van der Waals surface area contributed by atoms with E-state index in [-0.39, 0.29) is 32.1 Å². The first kappa shape index (κ1) is 32.4. The number of aliphatic hydroxyl groups excluding tert-OH is 1. The Kier molecular flexibility index (Phi) is 10.8. The number of ether oxygens (including phenoxy) is 3. The van der Waals surface area contributed by atoms with Crippen molar-refractivity contribution in [3.05, 3.63) is 59.6 Å². The van der Waals surface area contributed by atoms with E-state index in [0.29, 0.717) is 56.9 Å². The van der Waals surface area contributed by atoms with E-state index in [4.69, 9.17) is 14.2 Å². The fourth-order valence-corrected chi connectivity index (χ4v) is 4.90. The van der Waals surface area contributed by atoms with Gasteiger partial charge in [-0.1, -0.05) is 6.07 Å². The van der Waals surface area contributed by atoms with E-state index >= 15 is 0 Å². The molecule has 0 saturated heterocycles. The Morgan fingerprint density at radius 2 is 1.91 bits per heavy atom. The van der Waals surface area contributed by atoms with E-state index in [0.717, 1.165) is 0 Å². The number of methoxy groups -OCH3 is 1. The molecule has 12 nitrogen and oxygen atoms in total. The number of anilines is 3. The van der Waals surface area contributed by atoms with Gasteiger partial charge in [0, 0.05) is 41.3 Å². The predicted molar refractivity (Wildman–Crippen MR) is 165 cm³/mol. The minimum atomic E-state index is -0.640. The van der Waals surface area contributed by atoms with Gasteiger partial charge in [-0.25, -0.2) is 24.1 Å². The molecule has 3 N–H and O–H groups in total. The van der Waals surface area contributed by atoms with Crippen molar-refractivity contribution in [2.24, 2.45) is 0 Å². The predicted octanol–water partition coefficient (Wildman–Crippen LogP) is 5.16. The number of benzene rings is 2. The molecule has 0 fully saturated rings. The van der Waals surface area contributed by atoms with Crippen molar-refractivity contribution in [3.63, 3.8) is 0 Å². The highest BCUT2D eigenvalue weighted by Crippen LogP contribution is 2.35. The normalized spacial score (nSPS) is 11.2. The highest BCUT2D eigenvalue weighted by Gasteiger charge is 2.22. The van der Waals surface area contributed by atoms with Gasteiger partial charge in [-0.2, -0.15) is 0 Å². The molecule has 0 atom stereocenters. The van der Waals surface area contributed by atoms with Crippen LogP contribution in [0.1, 0.15) is 32.1 Å². The van der Waals surface area contributed by atoms with Crippen molar-refractivity contribution in [1.29, 1.82) is 0 Å². The minimum Gasteiger partial charge on any atom is -0.493 e. The number of hydrogen-bond acceptors (Lipinski definition) is 11. The van der Waals surface area contributed by atoms with E-state index in [1.807, 2.05) is 0 Å². The molecule has 234 valence electrons. The monoisotopic (exact) mass is 626 g/mol. The van der Waals surface area contributed by atoms with E-state index < -0.39 is 17.5 Å². The first-order valence-corrected chi connectivity index (χ1v) is 14.7. The molecule has 0 bridgehead atoms. The summed E-state index contributed by atoms with van der Waals surface area (Å²) in [5.74, 6) is 0.698. The summed E-state index contributed by atoms with van der Waals surface area (Å²) >= 11 is 1.29. The zero-order valence-electron chi connectivity index (χ0n) is 24.9. The number of carbonyl (C=O) groups excluding carboxylic acids is 2. The zero-order chi connectivity index (χ0) is 31.7. The SMILES string of the molecule is COc1cc2c(Nc3ncc(CC(=O)Nc4cccc(F)c4)s3)ncnc2cc1OCCCN(CCO)C(=O)OC(C)(C)C. The molecule has 0 aliphatic rings.